The quantitative estimate of drug-likeness (QED) is 0.498. The highest BCUT2D eigenvalue weighted by Gasteiger charge is 2.33. The number of ether oxygens (including phenoxy) is 2. The van der Waals surface area contributed by atoms with Crippen LogP contribution >= 0.6 is 0 Å². The maximum absolute atomic E-state index is 13.2. The van der Waals surface area contributed by atoms with Crippen LogP contribution in [0.1, 0.15) is 51.9 Å². The van der Waals surface area contributed by atoms with Crippen LogP contribution in [0.5, 0.6) is 5.75 Å². The largest absolute Gasteiger partial charge is 0.497 e. The van der Waals surface area contributed by atoms with Crippen molar-refractivity contribution >= 4 is 21.8 Å². The molecule has 2 N–H and O–H groups in total. The normalized spacial score (nSPS) is 19.9. The molecule has 1 aliphatic heterocycles. The Labute approximate surface area is 196 Å². The molecule has 184 valence electrons. The fourth-order valence-electron chi connectivity index (χ4n) is 4.42. The molecule has 2 aliphatic rings. The molecule has 1 heterocycles. The van der Waals surface area contributed by atoms with E-state index in [-0.39, 0.29) is 29.5 Å². The molecular weight excluding hydrogens is 446 g/mol. The van der Waals surface area contributed by atoms with Gasteiger partial charge in [-0.3, -0.25) is 9.59 Å². The predicted molar refractivity (Wildman–Crippen MR) is 123 cm³/mol. The number of sulfonamides is 1. The number of nitrogens with one attached hydrogen (secondary N) is 2. The molecule has 0 radical (unpaired) electrons. The minimum Gasteiger partial charge on any atom is -0.497 e. The molecule has 2 atom stereocenters. The van der Waals surface area contributed by atoms with Gasteiger partial charge in [-0.1, -0.05) is 19.8 Å². The Morgan fingerprint density at radius 2 is 1.85 bits per heavy atom. The van der Waals surface area contributed by atoms with Gasteiger partial charge >= 0.3 is 0 Å². The Bertz CT molecular complexity index is 893. The average Bonchev–Trinajstić information content (AvgIpc) is 3.52. The summed E-state index contributed by atoms with van der Waals surface area (Å²) in [5, 5.41) is 3.07. The van der Waals surface area contributed by atoms with Crippen LogP contribution in [0.15, 0.2) is 29.2 Å². The van der Waals surface area contributed by atoms with E-state index >= 15 is 0 Å². The Morgan fingerprint density at radius 1 is 1.15 bits per heavy atom. The number of carbonyl (C=O) groups excluding carboxylic acids is 2. The van der Waals surface area contributed by atoms with Gasteiger partial charge in [-0.2, -0.15) is 0 Å². The Hall–Kier alpha value is -2.17. The van der Waals surface area contributed by atoms with Crippen molar-refractivity contribution in [2.24, 2.45) is 0 Å². The lowest BCUT2D eigenvalue weighted by Crippen LogP contribution is -2.55. The van der Waals surface area contributed by atoms with E-state index in [9.17, 15) is 18.0 Å². The molecule has 1 saturated heterocycles. The molecule has 9 nitrogen and oxygen atoms in total. The number of hydrogen-bond acceptors (Lipinski definition) is 6. The van der Waals surface area contributed by atoms with Crippen LogP contribution in [0, 0.1) is 0 Å². The van der Waals surface area contributed by atoms with E-state index < -0.39 is 28.5 Å². The number of benzene rings is 1. The molecule has 3 rings (SSSR count). The first-order valence-electron chi connectivity index (χ1n) is 11.7. The van der Waals surface area contributed by atoms with Gasteiger partial charge in [0.05, 0.1) is 24.7 Å². The van der Waals surface area contributed by atoms with E-state index in [1.54, 1.807) is 12.1 Å². The van der Waals surface area contributed by atoms with E-state index in [1.807, 2.05) is 6.92 Å². The van der Waals surface area contributed by atoms with Gasteiger partial charge in [0.15, 0.2) is 0 Å². The maximum atomic E-state index is 13.2. The molecular formula is C23H35N3O6S. The van der Waals surface area contributed by atoms with Crippen LogP contribution in [0.25, 0.3) is 0 Å². The smallest absolute Gasteiger partial charge is 0.243 e. The molecule has 0 bridgehead atoms. The van der Waals surface area contributed by atoms with Crippen molar-refractivity contribution in [3.8, 4) is 5.75 Å². The molecule has 0 aromatic heterocycles. The third-order valence-electron chi connectivity index (χ3n) is 6.29. The van der Waals surface area contributed by atoms with Crippen molar-refractivity contribution in [1.29, 1.82) is 0 Å². The van der Waals surface area contributed by atoms with Gasteiger partial charge in [0, 0.05) is 19.2 Å². The van der Waals surface area contributed by atoms with E-state index in [1.165, 1.54) is 24.1 Å². The van der Waals surface area contributed by atoms with Crippen LogP contribution in [0.3, 0.4) is 0 Å². The molecule has 0 spiro atoms. The molecule has 33 heavy (non-hydrogen) atoms. The highest BCUT2D eigenvalue weighted by molar-refractivity contribution is 7.89. The zero-order valence-corrected chi connectivity index (χ0v) is 20.2. The second-order valence-electron chi connectivity index (χ2n) is 8.60. The average molecular weight is 482 g/mol. The van der Waals surface area contributed by atoms with Crippen molar-refractivity contribution in [3.63, 3.8) is 0 Å². The Balaban J connectivity index is 1.69. The standard InChI is InChI=1S/C23H35N3O6S/c1-3-21(23(28)25-17-7-4-5-8-17)26(16-19-9-6-14-32-19)22(27)15-24-33(29,30)20-12-10-18(31-2)11-13-20/h10-13,17,19,21,24H,3-9,14-16H2,1-2H3,(H,25,28)/t19-,21-/m0/s1. The number of nitrogens with zero attached hydrogens (tertiary/aromatic N) is 1. The Morgan fingerprint density at radius 3 is 2.42 bits per heavy atom. The molecule has 1 saturated carbocycles. The summed E-state index contributed by atoms with van der Waals surface area (Å²) in [6.07, 6.45) is 6.07. The van der Waals surface area contributed by atoms with Crippen LogP contribution in [-0.2, 0) is 24.3 Å². The topological polar surface area (TPSA) is 114 Å². The number of methoxy groups -OCH3 is 1. The fraction of sp³-hybridized carbons (Fsp3) is 0.652. The highest BCUT2D eigenvalue weighted by Crippen LogP contribution is 2.20. The molecule has 2 amide bonds. The van der Waals surface area contributed by atoms with Gasteiger partial charge in [-0.05, 0) is 56.4 Å². The predicted octanol–water partition coefficient (Wildman–Crippen LogP) is 1.82. The first kappa shape index (κ1) is 25.5. The number of carbonyl (C=O) groups is 2. The summed E-state index contributed by atoms with van der Waals surface area (Å²) in [5.74, 6) is -0.100. The fourth-order valence-corrected chi connectivity index (χ4v) is 5.40. The van der Waals surface area contributed by atoms with Gasteiger partial charge in [-0.15, -0.1) is 0 Å². The summed E-state index contributed by atoms with van der Waals surface area (Å²) < 4.78 is 38.5. The Kier molecular flexibility index (Phi) is 9.10. The first-order chi connectivity index (χ1) is 15.8. The minimum atomic E-state index is -3.90. The second-order valence-corrected chi connectivity index (χ2v) is 10.4. The van der Waals surface area contributed by atoms with E-state index in [2.05, 4.69) is 10.0 Å². The van der Waals surface area contributed by atoms with Crippen molar-refractivity contribution in [1.82, 2.24) is 14.9 Å². The van der Waals surface area contributed by atoms with Gasteiger partial charge < -0.3 is 19.7 Å². The summed E-state index contributed by atoms with van der Waals surface area (Å²) in [6.45, 7) is 2.31. The highest BCUT2D eigenvalue weighted by atomic mass is 32.2. The van der Waals surface area contributed by atoms with Crippen LogP contribution in [0.4, 0.5) is 0 Å². The summed E-state index contributed by atoms with van der Waals surface area (Å²) in [7, 11) is -2.40. The monoisotopic (exact) mass is 481 g/mol. The summed E-state index contributed by atoms with van der Waals surface area (Å²) in [4.78, 5) is 27.7. The lowest BCUT2D eigenvalue weighted by atomic mass is 10.1. The number of amides is 2. The van der Waals surface area contributed by atoms with Crippen molar-refractivity contribution in [2.45, 2.75) is 75.0 Å². The summed E-state index contributed by atoms with van der Waals surface area (Å²) >= 11 is 0. The van der Waals surface area contributed by atoms with E-state index in [0.717, 1.165) is 38.5 Å². The maximum Gasteiger partial charge on any atom is 0.243 e. The molecule has 0 unspecified atom stereocenters. The van der Waals surface area contributed by atoms with E-state index in [0.29, 0.717) is 18.8 Å². The molecule has 2 fully saturated rings. The van der Waals surface area contributed by atoms with Gasteiger partial charge in [0.25, 0.3) is 0 Å². The zero-order valence-electron chi connectivity index (χ0n) is 19.4. The molecule has 1 aliphatic carbocycles. The molecule has 1 aromatic carbocycles. The van der Waals surface area contributed by atoms with Crippen LogP contribution in [-0.4, -0.2) is 70.1 Å². The van der Waals surface area contributed by atoms with Crippen LogP contribution in [0.2, 0.25) is 0 Å². The molecule has 1 aromatic rings. The third kappa shape index (κ3) is 6.91. The van der Waals surface area contributed by atoms with Crippen molar-refractivity contribution in [3.05, 3.63) is 24.3 Å². The van der Waals surface area contributed by atoms with Gasteiger partial charge in [0.1, 0.15) is 11.8 Å². The van der Waals surface area contributed by atoms with Crippen LogP contribution < -0.4 is 14.8 Å². The SMILES string of the molecule is CC[C@@H](C(=O)NC1CCCC1)N(C[C@@H]1CCCO1)C(=O)CNS(=O)(=O)c1ccc(OC)cc1. The minimum absolute atomic E-state index is 0.0350. The molecule has 10 heteroatoms. The first-order valence-corrected chi connectivity index (χ1v) is 13.2. The van der Waals surface area contributed by atoms with Gasteiger partial charge in [-0.25, -0.2) is 13.1 Å². The number of hydrogen-bond donors (Lipinski definition) is 2. The van der Waals surface area contributed by atoms with E-state index in [4.69, 9.17) is 9.47 Å². The third-order valence-corrected chi connectivity index (χ3v) is 7.71. The summed E-state index contributed by atoms with van der Waals surface area (Å²) in [5.41, 5.74) is 0. The van der Waals surface area contributed by atoms with Crippen molar-refractivity contribution in [2.75, 3.05) is 26.8 Å². The number of rotatable bonds is 11. The lowest BCUT2D eigenvalue weighted by molar-refractivity contribution is -0.141. The zero-order chi connectivity index (χ0) is 23.8. The second kappa shape index (κ2) is 11.8. The van der Waals surface area contributed by atoms with Crippen molar-refractivity contribution < 1.29 is 27.5 Å². The van der Waals surface area contributed by atoms with Gasteiger partial charge in [0.2, 0.25) is 21.8 Å². The summed E-state index contributed by atoms with van der Waals surface area (Å²) in [6, 6.07) is 5.38. The lowest BCUT2D eigenvalue weighted by Gasteiger charge is -2.33.